The number of fused-ring (bicyclic) bond motifs is 2. The van der Waals surface area contributed by atoms with E-state index in [9.17, 15) is 0 Å². The third-order valence-corrected chi connectivity index (χ3v) is 5.45. The number of likely N-dealkylation sites (tertiary alicyclic amines) is 1. The van der Waals surface area contributed by atoms with Gasteiger partial charge in [0.2, 0.25) is 0 Å². The van der Waals surface area contributed by atoms with Gasteiger partial charge in [-0.25, -0.2) is 0 Å². The molecule has 128 valence electrons. The van der Waals surface area contributed by atoms with Gasteiger partial charge in [-0.3, -0.25) is 9.47 Å². The van der Waals surface area contributed by atoms with Gasteiger partial charge < -0.3 is 10.3 Å². The first-order valence-electron chi connectivity index (χ1n) is 8.96. The Hall–Kier alpha value is -2.60. The molecule has 3 aromatic rings. The summed E-state index contributed by atoms with van der Waals surface area (Å²) in [7, 11) is 0. The summed E-state index contributed by atoms with van der Waals surface area (Å²) in [5, 5.41) is 12.5. The lowest BCUT2D eigenvalue weighted by Crippen LogP contribution is -2.25. The number of hydrogen-bond donors (Lipinski definition) is 2. The van der Waals surface area contributed by atoms with E-state index in [0.29, 0.717) is 0 Å². The SMILES string of the molecule is C1=C2CN(CCCc3c[nH]c4ccc(-n5cnnc5)cc34)CC2CN1. The van der Waals surface area contributed by atoms with Crippen LogP contribution in [0.4, 0.5) is 0 Å². The number of nitrogens with one attached hydrogen (secondary N) is 2. The van der Waals surface area contributed by atoms with E-state index in [1.54, 1.807) is 18.2 Å². The first kappa shape index (κ1) is 14.7. The van der Waals surface area contributed by atoms with Gasteiger partial charge in [-0.05, 0) is 54.9 Å². The van der Waals surface area contributed by atoms with Crippen molar-refractivity contribution in [1.29, 1.82) is 0 Å². The lowest BCUT2D eigenvalue weighted by Gasteiger charge is -2.15. The Balaban J connectivity index is 1.27. The van der Waals surface area contributed by atoms with Gasteiger partial charge in [-0.2, -0.15) is 0 Å². The highest BCUT2D eigenvalue weighted by molar-refractivity contribution is 5.85. The predicted molar refractivity (Wildman–Crippen MR) is 97.6 cm³/mol. The van der Waals surface area contributed by atoms with Crippen molar-refractivity contribution in [2.45, 2.75) is 12.8 Å². The minimum atomic E-state index is 0.749. The zero-order valence-electron chi connectivity index (χ0n) is 14.2. The molecule has 0 bridgehead atoms. The van der Waals surface area contributed by atoms with Gasteiger partial charge in [-0.1, -0.05) is 0 Å². The molecule has 1 saturated heterocycles. The van der Waals surface area contributed by atoms with Crippen molar-refractivity contribution in [3.05, 3.63) is 54.4 Å². The van der Waals surface area contributed by atoms with E-state index < -0.39 is 0 Å². The van der Waals surface area contributed by atoms with Crippen molar-refractivity contribution < 1.29 is 0 Å². The molecule has 25 heavy (non-hydrogen) atoms. The second kappa shape index (κ2) is 6.04. The maximum atomic E-state index is 3.90. The fourth-order valence-electron chi connectivity index (χ4n) is 4.10. The zero-order chi connectivity index (χ0) is 16.6. The van der Waals surface area contributed by atoms with E-state index in [4.69, 9.17) is 0 Å². The Morgan fingerprint density at radius 3 is 3.00 bits per heavy atom. The molecule has 1 aromatic carbocycles. The summed E-state index contributed by atoms with van der Waals surface area (Å²) in [6.45, 7) is 4.65. The molecule has 1 atom stereocenters. The van der Waals surface area contributed by atoms with E-state index in [1.165, 1.54) is 36.0 Å². The van der Waals surface area contributed by atoms with E-state index in [0.717, 1.165) is 31.1 Å². The monoisotopic (exact) mass is 334 g/mol. The van der Waals surface area contributed by atoms with Crippen molar-refractivity contribution in [1.82, 2.24) is 30.0 Å². The highest BCUT2D eigenvalue weighted by Gasteiger charge is 2.29. The first-order valence-corrected chi connectivity index (χ1v) is 8.96. The van der Waals surface area contributed by atoms with Gasteiger partial charge in [0.05, 0.1) is 0 Å². The fraction of sp³-hybridized carbons (Fsp3) is 0.368. The van der Waals surface area contributed by atoms with Crippen molar-refractivity contribution in [3.63, 3.8) is 0 Å². The molecule has 0 amide bonds. The summed E-state index contributed by atoms with van der Waals surface area (Å²) in [5.41, 5.74) is 5.28. The van der Waals surface area contributed by atoms with Crippen LogP contribution in [-0.4, -0.2) is 50.8 Å². The Morgan fingerprint density at radius 2 is 2.12 bits per heavy atom. The molecule has 4 heterocycles. The molecular weight excluding hydrogens is 312 g/mol. The molecule has 0 saturated carbocycles. The summed E-state index contributed by atoms with van der Waals surface area (Å²) in [4.78, 5) is 5.99. The topological polar surface area (TPSA) is 61.8 Å². The Morgan fingerprint density at radius 1 is 1.20 bits per heavy atom. The average molecular weight is 334 g/mol. The average Bonchev–Trinajstić information content (AvgIpc) is 3.39. The van der Waals surface area contributed by atoms with Crippen LogP contribution in [0.15, 0.2) is 48.8 Å². The summed E-state index contributed by atoms with van der Waals surface area (Å²) in [5.74, 6) is 0.749. The maximum absolute atomic E-state index is 3.90. The van der Waals surface area contributed by atoms with Crippen molar-refractivity contribution in [2.75, 3.05) is 26.2 Å². The first-order chi connectivity index (χ1) is 12.4. The normalized spacial score (nSPS) is 20.0. The summed E-state index contributed by atoms with van der Waals surface area (Å²) in [6, 6.07) is 6.45. The number of aromatic nitrogens is 4. The molecule has 6 heteroatoms. The molecule has 2 aromatic heterocycles. The van der Waals surface area contributed by atoms with Gasteiger partial charge in [-0.15, -0.1) is 10.2 Å². The number of benzene rings is 1. The molecule has 5 rings (SSSR count). The minimum Gasteiger partial charge on any atom is -0.390 e. The van der Waals surface area contributed by atoms with Gasteiger partial charge in [0.25, 0.3) is 0 Å². The van der Waals surface area contributed by atoms with E-state index in [-0.39, 0.29) is 0 Å². The van der Waals surface area contributed by atoms with Crippen LogP contribution in [-0.2, 0) is 6.42 Å². The van der Waals surface area contributed by atoms with E-state index in [1.807, 2.05) is 4.57 Å². The zero-order valence-corrected chi connectivity index (χ0v) is 14.2. The Bertz CT molecular complexity index is 907. The summed E-state index contributed by atoms with van der Waals surface area (Å²) >= 11 is 0. The predicted octanol–water partition coefficient (Wildman–Crippen LogP) is 2.10. The second-order valence-corrected chi connectivity index (χ2v) is 7.08. The van der Waals surface area contributed by atoms with Crippen LogP contribution in [0.2, 0.25) is 0 Å². The standard InChI is InChI=1S/C19H22N6/c1(5-24-10-15-7-20-8-16(15)11-24)2-14-9-21-19-4-3-17(6-18(14)19)25-12-22-23-13-25/h3-4,6-7,9,12-13,16,20-21H,1-2,5,8,10-11H2. The minimum absolute atomic E-state index is 0.749. The van der Waals surface area contributed by atoms with Crippen molar-refractivity contribution in [2.24, 2.45) is 5.92 Å². The quantitative estimate of drug-likeness (QED) is 0.750. The van der Waals surface area contributed by atoms with E-state index in [2.05, 4.69) is 56.0 Å². The number of H-pyrrole nitrogens is 1. The van der Waals surface area contributed by atoms with Crippen LogP contribution in [0, 0.1) is 5.92 Å². The largest absolute Gasteiger partial charge is 0.390 e. The van der Waals surface area contributed by atoms with Gasteiger partial charge in [0.1, 0.15) is 12.7 Å². The second-order valence-electron chi connectivity index (χ2n) is 7.08. The third kappa shape index (κ3) is 2.72. The lowest BCUT2D eigenvalue weighted by atomic mass is 10.1. The van der Waals surface area contributed by atoms with Crippen LogP contribution in [0.5, 0.6) is 0 Å². The lowest BCUT2D eigenvalue weighted by molar-refractivity contribution is 0.319. The van der Waals surface area contributed by atoms with Crippen LogP contribution >= 0.6 is 0 Å². The fourth-order valence-corrected chi connectivity index (χ4v) is 4.10. The highest BCUT2D eigenvalue weighted by atomic mass is 15.2. The molecule has 6 nitrogen and oxygen atoms in total. The molecule has 2 aliphatic heterocycles. The van der Waals surface area contributed by atoms with Gasteiger partial charge >= 0.3 is 0 Å². The van der Waals surface area contributed by atoms with Crippen molar-refractivity contribution >= 4 is 10.9 Å². The van der Waals surface area contributed by atoms with Crippen LogP contribution in [0.1, 0.15) is 12.0 Å². The van der Waals surface area contributed by atoms with Gasteiger partial charge in [0, 0.05) is 48.3 Å². The molecule has 0 radical (unpaired) electrons. The molecule has 2 N–H and O–H groups in total. The molecule has 1 fully saturated rings. The molecule has 0 spiro atoms. The maximum Gasteiger partial charge on any atom is 0.123 e. The molecule has 2 aliphatic rings. The molecule has 1 unspecified atom stereocenters. The third-order valence-electron chi connectivity index (χ3n) is 5.45. The number of aromatic amines is 1. The van der Waals surface area contributed by atoms with Crippen LogP contribution in [0.3, 0.4) is 0 Å². The Kier molecular flexibility index (Phi) is 3.56. The van der Waals surface area contributed by atoms with Crippen LogP contribution in [0.25, 0.3) is 16.6 Å². The molecular formula is C19H22N6. The summed E-state index contributed by atoms with van der Waals surface area (Å²) < 4.78 is 1.95. The Labute approximate surface area is 146 Å². The smallest absolute Gasteiger partial charge is 0.123 e. The summed E-state index contributed by atoms with van der Waals surface area (Å²) in [6.07, 6.45) is 10.1. The number of aryl methyl sites for hydroxylation is 1. The molecule has 0 aliphatic carbocycles. The van der Waals surface area contributed by atoms with Crippen molar-refractivity contribution in [3.8, 4) is 5.69 Å². The van der Waals surface area contributed by atoms with Gasteiger partial charge in [0.15, 0.2) is 0 Å². The van der Waals surface area contributed by atoms with E-state index >= 15 is 0 Å². The number of nitrogens with zero attached hydrogens (tertiary/aromatic N) is 4. The number of hydrogen-bond acceptors (Lipinski definition) is 4. The van der Waals surface area contributed by atoms with Crippen LogP contribution < -0.4 is 5.32 Å². The number of rotatable bonds is 5. The highest BCUT2D eigenvalue weighted by Crippen LogP contribution is 2.26.